The molecule has 2 aliphatic rings. The number of benzene rings is 2. The summed E-state index contributed by atoms with van der Waals surface area (Å²) < 4.78 is 21.1. The zero-order chi connectivity index (χ0) is 25.2. The van der Waals surface area contributed by atoms with E-state index in [4.69, 9.17) is 33.7 Å². The summed E-state index contributed by atoms with van der Waals surface area (Å²) >= 11 is 14.6. The van der Waals surface area contributed by atoms with Crippen molar-refractivity contribution in [3.63, 3.8) is 0 Å². The summed E-state index contributed by atoms with van der Waals surface area (Å²) in [6.45, 7) is 0.135. The summed E-state index contributed by atoms with van der Waals surface area (Å²) in [6.07, 6.45) is 1.75. The van der Waals surface area contributed by atoms with Crippen LogP contribution < -0.4 is 5.73 Å². The van der Waals surface area contributed by atoms with Crippen LogP contribution >= 0.6 is 39.1 Å². The second-order valence-corrected chi connectivity index (χ2v) is 10.1. The van der Waals surface area contributed by atoms with Crippen LogP contribution in [0.1, 0.15) is 40.7 Å². The fourth-order valence-corrected chi connectivity index (χ4v) is 4.39. The third-order valence-electron chi connectivity index (χ3n) is 5.86. The van der Waals surface area contributed by atoms with Crippen molar-refractivity contribution in [2.24, 2.45) is 11.1 Å². The van der Waals surface area contributed by atoms with E-state index in [1.165, 1.54) is 17.2 Å². The lowest BCUT2D eigenvalue weighted by atomic mass is 10.1. The molecule has 1 saturated carbocycles. The Balaban J connectivity index is 0.000000356. The number of nitrogens with two attached hydrogens (primary N) is 1. The van der Waals surface area contributed by atoms with Gasteiger partial charge in [0.1, 0.15) is 5.82 Å². The van der Waals surface area contributed by atoms with E-state index in [0.29, 0.717) is 28.0 Å². The Labute approximate surface area is 220 Å². The Morgan fingerprint density at radius 2 is 1.89 bits per heavy atom. The SMILES string of the molecule is Clc1ccccc1.NC(=O)C1(COC2c3c(F)cc(Br)cc3C(=O)N2Cc2ccc(Cl)cn2)CC1. The van der Waals surface area contributed by atoms with Gasteiger partial charge in [0.2, 0.25) is 5.91 Å². The molecule has 2 aromatic carbocycles. The molecule has 1 aromatic heterocycles. The fourth-order valence-electron chi connectivity index (χ4n) is 3.70. The van der Waals surface area contributed by atoms with Crippen molar-refractivity contribution in [3.05, 3.63) is 98.0 Å². The van der Waals surface area contributed by atoms with Crippen molar-refractivity contribution in [1.82, 2.24) is 9.88 Å². The maximum Gasteiger partial charge on any atom is 0.257 e. The second-order valence-electron chi connectivity index (χ2n) is 8.35. The smallest absolute Gasteiger partial charge is 0.257 e. The number of hydrogen-bond acceptors (Lipinski definition) is 4. The molecule has 2 N–H and O–H groups in total. The maximum atomic E-state index is 14.7. The highest BCUT2D eigenvalue weighted by Crippen LogP contribution is 2.48. The minimum absolute atomic E-state index is 0.0275. The number of pyridine rings is 1. The number of carbonyl (C=O) groups is 2. The molecule has 0 radical (unpaired) electrons. The highest BCUT2D eigenvalue weighted by molar-refractivity contribution is 9.10. The van der Waals surface area contributed by atoms with Gasteiger partial charge in [0.25, 0.3) is 5.91 Å². The number of primary amides is 1. The van der Waals surface area contributed by atoms with E-state index in [1.54, 1.807) is 18.2 Å². The lowest BCUT2D eigenvalue weighted by Gasteiger charge is -2.26. The van der Waals surface area contributed by atoms with E-state index in [2.05, 4.69) is 20.9 Å². The van der Waals surface area contributed by atoms with Crippen LogP contribution in [-0.2, 0) is 16.1 Å². The first kappa shape index (κ1) is 25.6. The van der Waals surface area contributed by atoms with Crippen molar-refractivity contribution in [1.29, 1.82) is 0 Å². The molecular weight excluding hydrogens is 560 g/mol. The Morgan fingerprint density at radius 3 is 2.43 bits per heavy atom. The number of nitrogens with zero attached hydrogens (tertiary/aromatic N) is 2. The molecule has 2 heterocycles. The molecule has 1 aliphatic heterocycles. The van der Waals surface area contributed by atoms with Crippen molar-refractivity contribution in [2.75, 3.05) is 6.61 Å². The number of fused-ring (bicyclic) bond motifs is 1. The van der Waals surface area contributed by atoms with E-state index in [0.717, 1.165) is 5.02 Å². The third kappa shape index (κ3) is 5.83. The highest BCUT2D eigenvalue weighted by atomic mass is 79.9. The van der Waals surface area contributed by atoms with Gasteiger partial charge in [-0.25, -0.2) is 4.39 Å². The van der Waals surface area contributed by atoms with Crippen molar-refractivity contribution in [2.45, 2.75) is 25.6 Å². The van der Waals surface area contributed by atoms with Crippen LogP contribution in [0.3, 0.4) is 0 Å². The van der Waals surface area contributed by atoms with Gasteiger partial charge >= 0.3 is 0 Å². The summed E-state index contributed by atoms with van der Waals surface area (Å²) in [5.74, 6) is -1.38. The lowest BCUT2D eigenvalue weighted by Crippen LogP contribution is -2.34. The molecule has 5 rings (SSSR count). The molecular formula is C25H21BrCl2FN3O3. The molecule has 1 unspecified atom stereocenters. The molecule has 35 heavy (non-hydrogen) atoms. The van der Waals surface area contributed by atoms with Crippen LogP contribution in [0.5, 0.6) is 0 Å². The van der Waals surface area contributed by atoms with Gasteiger partial charge in [-0.1, -0.05) is 57.3 Å². The molecule has 10 heteroatoms. The van der Waals surface area contributed by atoms with E-state index in [1.807, 2.05) is 30.3 Å². The molecule has 182 valence electrons. The predicted octanol–water partition coefficient (Wildman–Crippen LogP) is 5.91. The third-order valence-corrected chi connectivity index (χ3v) is 6.80. The Morgan fingerprint density at radius 1 is 1.17 bits per heavy atom. The largest absolute Gasteiger partial charge is 0.369 e. The molecule has 2 amide bonds. The molecule has 1 atom stereocenters. The van der Waals surface area contributed by atoms with Crippen LogP contribution in [0.2, 0.25) is 10.0 Å². The molecule has 0 spiro atoms. The Kier molecular flexibility index (Phi) is 7.76. The van der Waals surface area contributed by atoms with Gasteiger partial charge in [-0.05, 0) is 49.2 Å². The zero-order valence-corrected chi connectivity index (χ0v) is 21.5. The molecule has 3 aromatic rings. The zero-order valence-electron chi connectivity index (χ0n) is 18.4. The minimum atomic E-state index is -0.968. The van der Waals surface area contributed by atoms with E-state index in [9.17, 15) is 14.0 Å². The molecule has 1 aliphatic carbocycles. The standard InChI is InChI=1S/C19H16BrClFN3O3.C6H5Cl/c20-10-5-13-15(14(22)6-10)17(28-9-19(3-4-19)18(23)27)25(16(13)26)8-12-2-1-11(21)7-24-12;7-6-4-2-1-3-5-6/h1-2,5-7,17H,3-4,8-9H2,(H2,23,27);1-5H. The van der Waals surface area contributed by atoms with Crippen LogP contribution in [0.15, 0.2) is 65.3 Å². The quantitative estimate of drug-likeness (QED) is 0.392. The predicted molar refractivity (Wildman–Crippen MR) is 134 cm³/mol. The first-order chi connectivity index (χ1) is 16.7. The number of carbonyl (C=O) groups excluding carboxylic acids is 2. The average molecular weight is 581 g/mol. The number of amides is 2. The summed E-state index contributed by atoms with van der Waals surface area (Å²) in [4.78, 5) is 30.2. The van der Waals surface area contributed by atoms with Crippen molar-refractivity contribution in [3.8, 4) is 0 Å². The van der Waals surface area contributed by atoms with Crippen LogP contribution in [0.25, 0.3) is 0 Å². The number of hydrogen-bond donors (Lipinski definition) is 1. The van der Waals surface area contributed by atoms with Gasteiger partial charge in [-0.15, -0.1) is 0 Å². The van der Waals surface area contributed by atoms with Crippen LogP contribution in [-0.4, -0.2) is 28.3 Å². The molecule has 0 saturated heterocycles. The van der Waals surface area contributed by atoms with Gasteiger partial charge < -0.3 is 15.4 Å². The van der Waals surface area contributed by atoms with Crippen LogP contribution in [0.4, 0.5) is 4.39 Å². The van der Waals surface area contributed by atoms with E-state index in [-0.39, 0.29) is 30.2 Å². The average Bonchev–Trinajstić information content (AvgIpc) is 3.57. The first-order valence-corrected chi connectivity index (χ1v) is 12.3. The second kappa shape index (κ2) is 10.6. The lowest BCUT2D eigenvalue weighted by molar-refractivity contribution is -0.129. The van der Waals surface area contributed by atoms with Gasteiger partial charge in [0, 0.05) is 21.3 Å². The van der Waals surface area contributed by atoms with E-state index < -0.39 is 23.4 Å². The van der Waals surface area contributed by atoms with Gasteiger partial charge in [0.05, 0.1) is 34.8 Å². The Hall–Kier alpha value is -2.52. The fraction of sp³-hybridized carbons (Fsp3) is 0.240. The molecule has 6 nitrogen and oxygen atoms in total. The number of ether oxygens (including phenoxy) is 1. The minimum Gasteiger partial charge on any atom is -0.369 e. The first-order valence-electron chi connectivity index (χ1n) is 10.7. The summed E-state index contributed by atoms with van der Waals surface area (Å²) in [5.41, 5.74) is 5.68. The number of rotatable bonds is 6. The number of halogens is 4. The van der Waals surface area contributed by atoms with Gasteiger partial charge in [-0.3, -0.25) is 14.6 Å². The maximum absolute atomic E-state index is 14.7. The van der Waals surface area contributed by atoms with E-state index >= 15 is 0 Å². The summed E-state index contributed by atoms with van der Waals surface area (Å²) in [5, 5.41) is 1.27. The van der Waals surface area contributed by atoms with Gasteiger partial charge in [0.15, 0.2) is 6.23 Å². The normalized spacial score (nSPS) is 17.4. The van der Waals surface area contributed by atoms with Crippen molar-refractivity contribution >= 4 is 50.9 Å². The number of aromatic nitrogens is 1. The summed E-state index contributed by atoms with van der Waals surface area (Å²) in [6, 6.07) is 15.6. The van der Waals surface area contributed by atoms with Crippen LogP contribution in [0, 0.1) is 11.2 Å². The molecule has 1 fully saturated rings. The molecule has 0 bridgehead atoms. The van der Waals surface area contributed by atoms with Crippen molar-refractivity contribution < 1.29 is 18.7 Å². The monoisotopic (exact) mass is 579 g/mol. The summed E-state index contributed by atoms with van der Waals surface area (Å²) in [7, 11) is 0. The topological polar surface area (TPSA) is 85.5 Å². The Bertz CT molecular complexity index is 1240. The van der Waals surface area contributed by atoms with Gasteiger partial charge in [-0.2, -0.15) is 0 Å². The highest BCUT2D eigenvalue weighted by Gasteiger charge is 2.50.